The van der Waals surface area contributed by atoms with Gasteiger partial charge in [0.15, 0.2) is 0 Å². The fraction of sp³-hybridized carbons (Fsp3) is 0.923. The van der Waals surface area contributed by atoms with Crippen LogP contribution in [0.2, 0.25) is 0 Å². The molecule has 0 aromatic carbocycles. The first kappa shape index (κ1) is 18.6. The van der Waals surface area contributed by atoms with Crippen LogP contribution in [0.1, 0.15) is 46.5 Å². The molecule has 112 valence electrons. The fourth-order valence-corrected chi connectivity index (χ4v) is 3.43. The van der Waals surface area contributed by atoms with E-state index in [1.807, 2.05) is 26.8 Å². The lowest BCUT2D eigenvalue weighted by atomic mass is 10.5. The van der Waals surface area contributed by atoms with Crippen LogP contribution in [-0.4, -0.2) is 32.0 Å². The summed E-state index contributed by atoms with van der Waals surface area (Å²) in [5.74, 6) is 0. The third kappa shape index (κ3) is 7.69. The van der Waals surface area contributed by atoms with Crippen molar-refractivity contribution in [2.24, 2.45) is 0 Å². The highest BCUT2D eigenvalue weighted by Gasteiger charge is 2.35. The molecule has 0 saturated heterocycles. The van der Waals surface area contributed by atoms with Crippen molar-refractivity contribution in [3.05, 3.63) is 0 Å². The van der Waals surface area contributed by atoms with Crippen LogP contribution in [0.5, 0.6) is 0 Å². The Morgan fingerprint density at radius 3 is 2.00 bits per heavy atom. The molecule has 0 spiro atoms. The number of hydrogen-bond donors (Lipinski definition) is 0. The third-order valence-electron chi connectivity index (χ3n) is 2.30. The minimum absolute atomic E-state index is 0.182. The average molecular weight is 291 g/mol. The van der Waals surface area contributed by atoms with Crippen LogP contribution >= 0.6 is 7.37 Å². The summed E-state index contributed by atoms with van der Waals surface area (Å²) < 4.78 is 29.4. The Bertz CT molecular complexity index is 296. The Morgan fingerprint density at radius 1 is 1.05 bits per heavy atom. The maximum absolute atomic E-state index is 12.8. The molecule has 5 nitrogen and oxygen atoms in total. The first-order valence-electron chi connectivity index (χ1n) is 6.98. The van der Waals surface area contributed by atoms with Gasteiger partial charge in [-0.3, -0.25) is 4.57 Å². The lowest BCUT2D eigenvalue weighted by molar-refractivity contribution is -0.0963. The quantitative estimate of drug-likeness (QED) is 0.404. The molecule has 0 N–H and O–H groups in total. The zero-order valence-corrected chi connectivity index (χ0v) is 13.2. The highest BCUT2D eigenvalue weighted by Crippen LogP contribution is 2.53. The summed E-state index contributed by atoms with van der Waals surface area (Å²) in [6.07, 6.45) is 2.77. The second-order valence-electron chi connectivity index (χ2n) is 4.24. The topological polar surface area (TPSA) is 68.5 Å². The molecule has 6 heteroatoms. The van der Waals surface area contributed by atoms with Gasteiger partial charge in [-0.1, -0.05) is 20.8 Å². The van der Waals surface area contributed by atoms with Gasteiger partial charge in [0, 0.05) is 12.6 Å². The van der Waals surface area contributed by atoms with Crippen LogP contribution in [0.25, 0.3) is 0 Å². The van der Waals surface area contributed by atoms with Crippen molar-refractivity contribution in [1.29, 1.82) is 5.26 Å². The molecule has 0 rings (SSSR count). The first-order valence-corrected chi connectivity index (χ1v) is 8.85. The normalized spacial score (nSPS) is 14.3. The molecular weight excluding hydrogens is 265 g/mol. The molecule has 0 aromatic heterocycles. The average Bonchev–Trinajstić information content (AvgIpc) is 2.43. The maximum atomic E-state index is 12.8. The lowest BCUT2D eigenvalue weighted by Gasteiger charge is -2.27. The Hall–Kier alpha value is -0.400. The van der Waals surface area contributed by atoms with Crippen molar-refractivity contribution in [3.8, 4) is 6.07 Å². The summed E-state index contributed by atoms with van der Waals surface area (Å²) in [6, 6.07) is 1.16. The Balaban J connectivity index is 4.76. The zero-order valence-electron chi connectivity index (χ0n) is 12.3. The highest BCUT2D eigenvalue weighted by atomic mass is 31.2. The molecule has 1 unspecified atom stereocenters. The van der Waals surface area contributed by atoms with Gasteiger partial charge in [0.25, 0.3) is 7.37 Å². The van der Waals surface area contributed by atoms with Crippen molar-refractivity contribution < 1.29 is 18.6 Å². The monoisotopic (exact) mass is 291 g/mol. The number of ether oxygens (including phenoxy) is 2. The molecular formula is C13H26NO4P. The molecule has 19 heavy (non-hydrogen) atoms. The van der Waals surface area contributed by atoms with E-state index < -0.39 is 13.4 Å². The molecule has 0 radical (unpaired) electrons. The summed E-state index contributed by atoms with van der Waals surface area (Å²) in [4.78, 5) is 0. The highest BCUT2D eigenvalue weighted by molar-refractivity contribution is 7.59. The van der Waals surface area contributed by atoms with Gasteiger partial charge in [-0.2, -0.15) is 5.26 Å². The third-order valence-corrected chi connectivity index (χ3v) is 4.71. The molecule has 0 saturated carbocycles. The molecule has 0 aliphatic rings. The standard InChI is InChI=1S/C13H26NO4P/c1-4-9-16-13(17-10-5-2)19(15,12-7-8-14)18-11-6-3/h13H,4-7,9-12H2,1-3H3. The van der Waals surface area contributed by atoms with Crippen LogP contribution in [0.4, 0.5) is 0 Å². The maximum Gasteiger partial charge on any atom is 0.258 e. The summed E-state index contributed by atoms with van der Waals surface area (Å²) in [5.41, 5.74) is 0. The molecule has 0 aromatic rings. The predicted octanol–water partition coefficient (Wildman–Crippen LogP) is 3.74. The summed E-state index contributed by atoms with van der Waals surface area (Å²) in [7, 11) is -3.09. The largest absolute Gasteiger partial charge is 0.344 e. The molecule has 0 amide bonds. The van der Waals surface area contributed by atoms with Gasteiger partial charge in [0.1, 0.15) is 0 Å². The van der Waals surface area contributed by atoms with Gasteiger partial charge < -0.3 is 14.0 Å². The van der Waals surface area contributed by atoms with E-state index in [0.717, 1.165) is 19.3 Å². The van der Waals surface area contributed by atoms with Crippen LogP contribution in [0.3, 0.4) is 0 Å². The predicted molar refractivity (Wildman–Crippen MR) is 75.2 cm³/mol. The van der Waals surface area contributed by atoms with E-state index in [9.17, 15) is 4.57 Å². The number of nitriles is 1. The lowest BCUT2D eigenvalue weighted by Crippen LogP contribution is -2.22. The van der Waals surface area contributed by atoms with Crippen LogP contribution in [0, 0.1) is 11.3 Å². The first-order chi connectivity index (χ1) is 9.14. The van der Waals surface area contributed by atoms with E-state index in [0.29, 0.717) is 19.8 Å². The van der Waals surface area contributed by atoms with Crippen LogP contribution in [0.15, 0.2) is 0 Å². The summed E-state index contributed by atoms with van der Waals surface area (Å²) in [6.45, 7) is 7.24. The molecule has 0 aliphatic carbocycles. The Kier molecular flexibility index (Phi) is 11.2. The van der Waals surface area contributed by atoms with E-state index in [2.05, 4.69) is 0 Å². The van der Waals surface area contributed by atoms with Gasteiger partial charge in [0.2, 0.25) is 6.03 Å². The Morgan fingerprint density at radius 2 is 1.58 bits per heavy atom. The van der Waals surface area contributed by atoms with Crippen LogP contribution in [-0.2, 0) is 18.6 Å². The van der Waals surface area contributed by atoms with Crippen molar-refractivity contribution in [2.45, 2.75) is 52.5 Å². The van der Waals surface area contributed by atoms with E-state index >= 15 is 0 Å². The molecule has 0 aliphatic heterocycles. The number of hydrogen-bond acceptors (Lipinski definition) is 5. The zero-order chi connectivity index (χ0) is 14.6. The van der Waals surface area contributed by atoms with Gasteiger partial charge in [-0.25, -0.2) is 0 Å². The van der Waals surface area contributed by atoms with E-state index in [1.54, 1.807) is 0 Å². The van der Waals surface area contributed by atoms with E-state index in [-0.39, 0.29) is 12.6 Å². The second-order valence-corrected chi connectivity index (χ2v) is 6.82. The molecule has 0 fully saturated rings. The van der Waals surface area contributed by atoms with Gasteiger partial charge in [-0.15, -0.1) is 0 Å². The molecule has 0 bridgehead atoms. The minimum Gasteiger partial charge on any atom is -0.344 e. The second kappa shape index (κ2) is 11.4. The van der Waals surface area contributed by atoms with Gasteiger partial charge in [-0.05, 0) is 19.3 Å². The fourth-order valence-electron chi connectivity index (χ4n) is 1.40. The van der Waals surface area contributed by atoms with E-state index in [1.165, 1.54) is 0 Å². The van der Waals surface area contributed by atoms with Crippen molar-refractivity contribution >= 4 is 7.37 Å². The number of nitrogens with zero attached hydrogens (tertiary/aromatic N) is 1. The number of rotatable bonds is 12. The summed E-state index contributed by atoms with van der Waals surface area (Å²) >= 11 is 0. The molecule has 1 atom stereocenters. The summed E-state index contributed by atoms with van der Waals surface area (Å²) in [5, 5.41) is 8.68. The van der Waals surface area contributed by atoms with Crippen molar-refractivity contribution in [3.63, 3.8) is 0 Å². The van der Waals surface area contributed by atoms with Gasteiger partial charge >= 0.3 is 0 Å². The van der Waals surface area contributed by atoms with Crippen molar-refractivity contribution in [1.82, 2.24) is 0 Å². The smallest absolute Gasteiger partial charge is 0.258 e. The molecule has 0 heterocycles. The SMILES string of the molecule is CCCOC(OCCC)P(=O)(CCC#N)OCCC. The minimum atomic E-state index is -3.09. The van der Waals surface area contributed by atoms with Crippen molar-refractivity contribution in [2.75, 3.05) is 26.0 Å². The van der Waals surface area contributed by atoms with Crippen LogP contribution < -0.4 is 0 Å². The van der Waals surface area contributed by atoms with E-state index in [4.69, 9.17) is 19.3 Å². The van der Waals surface area contributed by atoms with Gasteiger partial charge in [0.05, 0.1) is 25.9 Å². The Labute approximate surface area is 116 Å².